The Morgan fingerprint density at radius 2 is 1.65 bits per heavy atom. The van der Waals surface area contributed by atoms with E-state index in [2.05, 4.69) is 0 Å². The maximum absolute atomic E-state index is 12.8. The lowest BCUT2D eigenvalue weighted by Gasteiger charge is -2.24. The molecular weight excluding hydrogens is 383 g/mol. The Hall–Kier alpha value is -1.47. The molecule has 0 heterocycles. The summed E-state index contributed by atoms with van der Waals surface area (Å²) in [5, 5.41) is 0.452. The van der Waals surface area contributed by atoms with E-state index in [4.69, 9.17) is 40.5 Å². The fourth-order valence-corrected chi connectivity index (χ4v) is 3.99. The van der Waals surface area contributed by atoms with Gasteiger partial charge in [-0.25, -0.2) is 8.42 Å². The normalized spacial score (nSPS) is 11.3. The summed E-state index contributed by atoms with van der Waals surface area (Å²) in [6, 6.07) is 10.1. The zero-order valence-corrected chi connectivity index (χ0v) is 14.6. The molecule has 2 rings (SSSR count). The lowest BCUT2D eigenvalue weighted by Crippen LogP contribution is -2.38. The van der Waals surface area contributed by atoms with E-state index in [1.165, 1.54) is 30.3 Å². The average Bonchev–Trinajstić information content (AvgIpc) is 2.48. The molecule has 2 N–H and O–H groups in total. The number of carbonyl (C=O) groups is 1. The van der Waals surface area contributed by atoms with Crippen molar-refractivity contribution in [2.45, 2.75) is 4.90 Å². The molecule has 0 bridgehead atoms. The number of nitrogens with two attached hydrogens (primary N) is 1. The Labute approximate surface area is 148 Å². The molecule has 0 unspecified atom stereocenters. The molecule has 122 valence electrons. The largest absolute Gasteiger partial charge is 0.368 e. The second kappa shape index (κ2) is 6.97. The quantitative estimate of drug-likeness (QED) is 0.846. The van der Waals surface area contributed by atoms with Crippen LogP contribution in [-0.2, 0) is 14.8 Å². The number of hydrogen-bond acceptors (Lipinski definition) is 3. The molecule has 0 radical (unpaired) electrons. The molecule has 0 aliphatic heterocycles. The molecule has 0 aromatic heterocycles. The van der Waals surface area contributed by atoms with Crippen molar-refractivity contribution in [1.82, 2.24) is 0 Å². The predicted octanol–water partition coefficient (Wildman–Crippen LogP) is 3.33. The van der Waals surface area contributed by atoms with Crippen LogP contribution in [0.2, 0.25) is 15.1 Å². The van der Waals surface area contributed by atoms with Gasteiger partial charge in [-0.3, -0.25) is 9.10 Å². The molecule has 9 heteroatoms. The molecule has 0 atom stereocenters. The van der Waals surface area contributed by atoms with Crippen molar-refractivity contribution in [2.75, 3.05) is 10.8 Å². The first-order valence-electron chi connectivity index (χ1n) is 6.24. The van der Waals surface area contributed by atoms with Gasteiger partial charge in [0, 0.05) is 0 Å². The second-order valence-electron chi connectivity index (χ2n) is 4.51. The SMILES string of the molecule is NC(=O)CN(c1ccccc1Cl)S(=O)(=O)c1ccc(Cl)c(Cl)c1. The monoisotopic (exact) mass is 392 g/mol. The standard InChI is InChI=1S/C14H11Cl3N2O3S/c15-10-6-5-9(7-12(10)17)23(21,22)19(8-14(18)20)13-4-2-1-3-11(13)16/h1-7H,8H2,(H2,18,20). The third-order valence-corrected chi connectivity index (χ3v) is 5.71. The van der Waals surface area contributed by atoms with Crippen molar-refractivity contribution in [3.63, 3.8) is 0 Å². The zero-order valence-electron chi connectivity index (χ0n) is 11.5. The minimum Gasteiger partial charge on any atom is -0.368 e. The molecule has 0 spiro atoms. The number of benzene rings is 2. The van der Waals surface area contributed by atoms with Crippen molar-refractivity contribution in [3.8, 4) is 0 Å². The van der Waals surface area contributed by atoms with Crippen LogP contribution in [0.5, 0.6) is 0 Å². The molecule has 2 aromatic rings. The molecule has 2 aromatic carbocycles. The van der Waals surface area contributed by atoms with Crippen LogP contribution >= 0.6 is 34.8 Å². The molecule has 0 fully saturated rings. The summed E-state index contributed by atoms with van der Waals surface area (Å²) >= 11 is 17.7. The maximum atomic E-state index is 12.8. The molecule has 0 saturated carbocycles. The van der Waals surface area contributed by atoms with E-state index in [-0.39, 0.29) is 25.7 Å². The molecule has 0 saturated heterocycles. The van der Waals surface area contributed by atoms with Crippen molar-refractivity contribution >= 4 is 56.4 Å². The third-order valence-electron chi connectivity index (χ3n) is 2.90. The highest BCUT2D eigenvalue weighted by molar-refractivity contribution is 7.92. The van der Waals surface area contributed by atoms with E-state index in [0.29, 0.717) is 0 Å². The van der Waals surface area contributed by atoms with Crippen LogP contribution in [0, 0.1) is 0 Å². The van der Waals surface area contributed by atoms with Gasteiger partial charge >= 0.3 is 0 Å². The van der Waals surface area contributed by atoms with Gasteiger partial charge in [-0.1, -0.05) is 46.9 Å². The number of amides is 1. The van der Waals surface area contributed by atoms with Crippen LogP contribution in [0.1, 0.15) is 0 Å². The number of para-hydroxylation sites is 1. The maximum Gasteiger partial charge on any atom is 0.264 e. The zero-order chi connectivity index (χ0) is 17.2. The Kier molecular flexibility index (Phi) is 5.41. The van der Waals surface area contributed by atoms with Gasteiger partial charge in [0.05, 0.1) is 25.7 Å². The highest BCUT2D eigenvalue weighted by Crippen LogP contribution is 2.32. The van der Waals surface area contributed by atoms with Crippen LogP contribution in [0.15, 0.2) is 47.4 Å². The topological polar surface area (TPSA) is 80.5 Å². The van der Waals surface area contributed by atoms with Gasteiger partial charge in [-0.2, -0.15) is 0 Å². The van der Waals surface area contributed by atoms with Gasteiger partial charge in [-0.05, 0) is 30.3 Å². The van der Waals surface area contributed by atoms with Crippen LogP contribution in [-0.4, -0.2) is 20.9 Å². The Balaban J connectivity index is 2.60. The number of anilines is 1. The van der Waals surface area contributed by atoms with E-state index in [1.807, 2.05) is 0 Å². The minimum atomic E-state index is -4.11. The lowest BCUT2D eigenvalue weighted by atomic mass is 10.3. The summed E-state index contributed by atoms with van der Waals surface area (Å²) in [7, 11) is -4.11. The summed E-state index contributed by atoms with van der Waals surface area (Å²) in [6.07, 6.45) is 0. The van der Waals surface area contributed by atoms with Crippen molar-refractivity contribution in [2.24, 2.45) is 5.73 Å². The number of halogens is 3. The molecule has 23 heavy (non-hydrogen) atoms. The third kappa shape index (κ3) is 3.90. The van der Waals surface area contributed by atoms with Crippen molar-refractivity contribution < 1.29 is 13.2 Å². The van der Waals surface area contributed by atoms with Gasteiger partial charge in [-0.15, -0.1) is 0 Å². The van der Waals surface area contributed by atoms with E-state index in [0.717, 1.165) is 4.31 Å². The summed E-state index contributed by atoms with van der Waals surface area (Å²) in [4.78, 5) is 11.2. The highest BCUT2D eigenvalue weighted by Gasteiger charge is 2.28. The fraction of sp³-hybridized carbons (Fsp3) is 0.0714. The number of rotatable bonds is 5. The van der Waals surface area contributed by atoms with Crippen molar-refractivity contribution in [1.29, 1.82) is 0 Å². The van der Waals surface area contributed by atoms with Crippen LogP contribution < -0.4 is 10.0 Å². The first-order chi connectivity index (χ1) is 10.7. The van der Waals surface area contributed by atoms with Gasteiger partial charge in [0.25, 0.3) is 10.0 Å². The van der Waals surface area contributed by atoms with Crippen LogP contribution in [0.4, 0.5) is 5.69 Å². The summed E-state index contributed by atoms with van der Waals surface area (Å²) in [5.41, 5.74) is 5.31. The molecule has 5 nitrogen and oxygen atoms in total. The summed E-state index contributed by atoms with van der Waals surface area (Å²) in [6.45, 7) is -0.563. The van der Waals surface area contributed by atoms with E-state index >= 15 is 0 Å². The lowest BCUT2D eigenvalue weighted by molar-refractivity contribution is -0.116. The molecule has 1 amide bonds. The number of hydrogen-bond donors (Lipinski definition) is 1. The number of sulfonamides is 1. The summed E-state index contributed by atoms with van der Waals surface area (Å²) < 4.78 is 26.5. The number of carbonyl (C=O) groups excluding carboxylic acids is 1. The van der Waals surface area contributed by atoms with E-state index < -0.39 is 22.5 Å². The number of primary amides is 1. The minimum absolute atomic E-state index is 0.0749. The average molecular weight is 394 g/mol. The number of nitrogens with zero attached hydrogens (tertiary/aromatic N) is 1. The second-order valence-corrected chi connectivity index (χ2v) is 7.59. The molecular formula is C14H11Cl3N2O3S. The Morgan fingerprint density at radius 1 is 1.00 bits per heavy atom. The van der Waals surface area contributed by atoms with Crippen molar-refractivity contribution in [3.05, 3.63) is 57.5 Å². The Morgan fingerprint density at radius 3 is 2.22 bits per heavy atom. The first kappa shape index (κ1) is 17.9. The molecule has 0 aliphatic rings. The van der Waals surface area contributed by atoms with Crippen LogP contribution in [0.3, 0.4) is 0 Å². The van der Waals surface area contributed by atoms with Gasteiger partial charge in [0.15, 0.2) is 0 Å². The van der Waals surface area contributed by atoms with Gasteiger partial charge in [0.2, 0.25) is 5.91 Å². The van der Waals surface area contributed by atoms with Crippen LogP contribution in [0.25, 0.3) is 0 Å². The van der Waals surface area contributed by atoms with E-state index in [1.54, 1.807) is 12.1 Å². The predicted molar refractivity (Wildman–Crippen MR) is 91.6 cm³/mol. The van der Waals surface area contributed by atoms with Gasteiger partial charge in [0.1, 0.15) is 6.54 Å². The highest BCUT2D eigenvalue weighted by atomic mass is 35.5. The Bertz CT molecular complexity index is 856. The first-order valence-corrected chi connectivity index (χ1v) is 8.81. The van der Waals surface area contributed by atoms with E-state index in [9.17, 15) is 13.2 Å². The summed E-state index contributed by atoms with van der Waals surface area (Å²) in [5.74, 6) is -0.825. The van der Waals surface area contributed by atoms with Gasteiger partial charge < -0.3 is 5.73 Å². The fourth-order valence-electron chi connectivity index (χ4n) is 1.86. The molecule has 0 aliphatic carbocycles. The smallest absolute Gasteiger partial charge is 0.264 e.